The van der Waals surface area contributed by atoms with Gasteiger partial charge in [0, 0.05) is 13.1 Å². The summed E-state index contributed by atoms with van der Waals surface area (Å²) in [6, 6.07) is 7.35. The molecule has 1 rings (SSSR count). The minimum absolute atomic E-state index is 0. The van der Waals surface area contributed by atoms with Crippen molar-refractivity contribution in [2.75, 3.05) is 19.7 Å². The first-order chi connectivity index (χ1) is 15.0. The zero-order valence-electron chi connectivity index (χ0n) is 20.6. The molecule has 0 radical (unpaired) electrons. The molecule has 0 bridgehead atoms. The molecular weight excluding hydrogens is 537 g/mol. The number of carbonyl (C=O) groups is 2. The van der Waals surface area contributed by atoms with Crippen LogP contribution in [0, 0.1) is 0 Å². The van der Waals surface area contributed by atoms with Gasteiger partial charge in [0.15, 0.2) is 12.6 Å². The molecule has 0 heterocycles. The summed E-state index contributed by atoms with van der Waals surface area (Å²) in [7, 11) is 0. The molecular formula is C23H40IN5O4. The van der Waals surface area contributed by atoms with Gasteiger partial charge in [0.2, 0.25) is 0 Å². The van der Waals surface area contributed by atoms with Crippen LogP contribution in [0.2, 0.25) is 0 Å². The number of benzene rings is 1. The smallest absolute Gasteiger partial charge is 0.408 e. The first-order valence-electron chi connectivity index (χ1n) is 11.1. The van der Waals surface area contributed by atoms with Crippen molar-refractivity contribution in [2.24, 2.45) is 10.7 Å². The van der Waals surface area contributed by atoms with Crippen LogP contribution in [0.5, 0.6) is 5.75 Å². The van der Waals surface area contributed by atoms with E-state index in [9.17, 15) is 9.59 Å². The number of halogens is 1. The number of carbonyl (C=O) groups excluding carboxylic acids is 2. The molecule has 188 valence electrons. The van der Waals surface area contributed by atoms with E-state index in [1.807, 2.05) is 59.7 Å². The van der Waals surface area contributed by atoms with Crippen molar-refractivity contribution in [2.45, 2.75) is 72.1 Å². The molecule has 0 unspecified atom stereocenters. The van der Waals surface area contributed by atoms with E-state index in [1.165, 1.54) is 0 Å². The van der Waals surface area contributed by atoms with Crippen molar-refractivity contribution < 1.29 is 19.1 Å². The molecule has 2 amide bonds. The van der Waals surface area contributed by atoms with Crippen molar-refractivity contribution in [3.63, 3.8) is 0 Å². The maximum Gasteiger partial charge on any atom is 0.408 e. The number of rotatable bonds is 11. The van der Waals surface area contributed by atoms with E-state index in [4.69, 9.17) is 15.2 Å². The second-order valence-corrected chi connectivity index (χ2v) is 8.57. The largest absolute Gasteiger partial charge is 0.484 e. The number of hydrogen-bond donors (Lipinski definition) is 4. The van der Waals surface area contributed by atoms with E-state index in [0.29, 0.717) is 31.3 Å². The molecule has 0 saturated heterocycles. The Morgan fingerprint density at radius 1 is 1.09 bits per heavy atom. The fourth-order valence-corrected chi connectivity index (χ4v) is 2.89. The normalized spacial score (nSPS) is 11.8. The summed E-state index contributed by atoms with van der Waals surface area (Å²) in [6.45, 7) is 13.0. The van der Waals surface area contributed by atoms with Gasteiger partial charge in [0.1, 0.15) is 11.4 Å². The van der Waals surface area contributed by atoms with Gasteiger partial charge in [-0.3, -0.25) is 4.79 Å². The van der Waals surface area contributed by atoms with E-state index in [1.54, 1.807) is 6.07 Å². The minimum Gasteiger partial charge on any atom is -0.484 e. The summed E-state index contributed by atoms with van der Waals surface area (Å²) in [5, 5.41) is 9.58. The predicted molar refractivity (Wildman–Crippen MR) is 142 cm³/mol. The Kier molecular flexibility index (Phi) is 13.8. The highest BCUT2D eigenvalue weighted by molar-refractivity contribution is 14.0. The molecule has 0 aliphatic carbocycles. The lowest BCUT2D eigenvalue weighted by Gasteiger charge is -2.34. The van der Waals surface area contributed by atoms with Crippen LogP contribution >= 0.6 is 24.0 Å². The summed E-state index contributed by atoms with van der Waals surface area (Å²) in [4.78, 5) is 27.9. The molecule has 0 aliphatic heterocycles. The number of ether oxygens (including phenoxy) is 2. The molecule has 33 heavy (non-hydrogen) atoms. The number of nitrogens with zero attached hydrogens (tertiary/aromatic N) is 1. The van der Waals surface area contributed by atoms with Crippen LogP contribution in [-0.2, 0) is 16.1 Å². The molecule has 1 aromatic carbocycles. The van der Waals surface area contributed by atoms with Crippen LogP contribution in [0.1, 0.15) is 59.9 Å². The molecule has 0 aliphatic rings. The van der Waals surface area contributed by atoms with Crippen LogP contribution in [0.3, 0.4) is 0 Å². The fourth-order valence-electron chi connectivity index (χ4n) is 2.89. The summed E-state index contributed by atoms with van der Waals surface area (Å²) in [5.41, 5.74) is 5.02. The SMILES string of the molecule is CCNC(=NCc1cccc(OCC(N)=O)c1)NCC(CC)(CC)NC(=O)OC(C)(C)C.I. The minimum atomic E-state index is -0.559. The van der Waals surface area contributed by atoms with E-state index in [2.05, 4.69) is 20.9 Å². The highest BCUT2D eigenvalue weighted by Gasteiger charge is 2.30. The van der Waals surface area contributed by atoms with Gasteiger partial charge in [-0.05, 0) is 58.2 Å². The second-order valence-electron chi connectivity index (χ2n) is 8.57. The van der Waals surface area contributed by atoms with Gasteiger partial charge >= 0.3 is 6.09 Å². The third-order valence-corrected chi connectivity index (χ3v) is 4.76. The zero-order chi connectivity index (χ0) is 24.2. The summed E-state index contributed by atoms with van der Waals surface area (Å²) < 4.78 is 10.8. The number of alkyl carbamates (subject to hydrolysis) is 1. The predicted octanol–water partition coefficient (Wildman–Crippen LogP) is 3.31. The standard InChI is InChI=1S/C23H39N5O4.HI/c1-7-23(8-2,28-21(30)32-22(4,5)6)16-27-20(25-9-3)26-14-17-11-10-12-18(13-17)31-15-19(24)29;/h10-13H,7-9,14-16H2,1-6H3,(H2,24,29)(H,28,30)(H2,25,26,27);1H. The van der Waals surface area contributed by atoms with E-state index in [0.717, 1.165) is 18.4 Å². The van der Waals surface area contributed by atoms with E-state index in [-0.39, 0.29) is 30.6 Å². The number of primary amides is 1. The summed E-state index contributed by atoms with van der Waals surface area (Å²) in [5.74, 6) is 0.669. The molecule has 0 saturated carbocycles. The number of nitrogens with one attached hydrogen (secondary N) is 3. The molecule has 0 spiro atoms. The third kappa shape index (κ3) is 12.5. The van der Waals surface area contributed by atoms with Crippen molar-refractivity contribution in [3.8, 4) is 5.75 Å². The number of hydrogen-bond acceptors (Lipinski definition) is 5. The molecule has 0 atom stereocenters. The quantitative estimate of drug-likeness (QED) is 0.182. The van der Waals surface area contributed by atoms with Gasteiger partial charge < -0.3 is 31.2 Å². The Balaban J connectivity index is 0.0000102. The van der Waals surface area contributed by atoms with Crippen LogP contribution in [0.4, 0.5) is 4.79 Å². The van der Waals surface area contributed by atoms with E-state index >= 15 is 0 Å². The number of aliphatic imine (C=N–C) groups is 1. The molecule has 0 fully saturated rings. The second kappa shape index (κ2) is 14.8. The summed E-state index contributed by atoms with van der Waals surface area (Å²) in [6.07, 6.45) is 1.03. The lowest BCUT2D eigenvalue weighted by Crippen LogP contribution is -2.57. The van der Waals surface area contributed by atoms with Gasteiger partial charge in [0.05, 0.1) is 12.1 Å². The highest BCUT2D eigenvalue weighted by atomic mass is 127. The van der Waals surface area contributed by atoms with Crippen molar-refractivity contribution >= 4 is 41.9 Å². The van der Waals surface area contributed by atoms with Crippen molar-refractivity contribution in [1.82, 2.24) is 16.0 Å². The maximum atomic E-state index is 12.4. The Labute approximate surface area is 214 Å². The van der Waals surface area contributed by atoms with Gasteiger partial charge in [0.25, 0.3) is 5.91 Å². The molecule has 0 aromatic heterocycles. The first kappa shape index (κ1) is 30.8. The van der Waals surface area contributed by atoms with Crippen LogP contribution in [-0.4, -0.2) is 48.8 Å². The lowest BCUT2D eigenvalue weighted by atomic mass is 9.93. The average molecular weight is 578 g/mol. The Morgan fingerprint density at radius 2 is 1.76 bits per heavy atom. The van der Waals surface area contributed by atoms with Gasteiger partial charge in [-0.15, -0.1) is 24.0 Å². The van der Waals surface area contributed by atoms with E-state index < -0.39 is 23.1 Å². The van der Waals surface area contributed by atoms with Gasteiger partial charge in [-0.2, -0.15) is 0 Å². The van der Waals surface area contributed by atoms with Gasteiger partial charge in [-0.1, -0.05) is 26.0 Å². The highest BCUT2D eigenvalue weighted by Crippen LogP contribution is 2.17. The average Bonchev–Trinajstić information content (AvgIpc) is 2.72. The first-order valence-corrected chi connectivity index (χ1v) is 11.1. The fraction of sp³-hybridized carbons (Fsp3) is 0.609. The Morgan fingerprint density at radius 3 is 2.30 bits per heavy atom. The van der Waals surface area contributed by atoms with Crippen LogP contribution in [0.15, 0.2) is 29.3 Å². The number of guanidine groups is 1. The maximum absolute atomic E-state index is 12.4. The van der Waals surface area contributed by atoms with Gasteiger partial charge in [-0.25, -0.2) is 9.79 Å². The molecule has 9 nitrogen and oxygen atoms in total. The topological polar surface area (TPSA) is 127 Å². The summed E-state index contributed by atoms with van der Waals surface area (Å²) >= 11 is 0. The van der Waals surface area contributed by atoms with Crippen molar-refractivity contribution in [1.29, 1.82) is 0 Å². The Hall–Kier alpha value is -2.24. The molecule has 10 heteroatoms. The number of amides is 2. The molecule has 1 aromatic rings. The third-order valence-electron chi connectivity index (χ3n) is 4.76. The number of nitrogens with two attached hydrogens (primary N) is 1. The van der Waals surface area contributed by atoms with Crippen LogP contribution in [0.25, 0.3) is 0 Å². The van der Waals surface area contributed by atoms with Crippen LogP contribution < -0.4 is 26.4 Å². The molecule has 5 N–H and O–H groups in total. The van der Waals surface area contributed by atoms with Crippen molar-refractivity contribution in [3.05, 3.63) is 29.8 Å². The zero-order valence-corrected chi connectivity index (χ0v) is 22.9. The lowest BCUT2D eigenvalue weighted by molar-refractivity contribution is -0.119. The Bertz CT molecular complexity index is 776. The monoisotopic (exact) mass is 577 g/mol.